The molecule has 0 aromatic rings. The molecule has 0 atom stereocenters. The molecule has 0 heterocycles. The molecule has 4 heteroatoms. The minimum Gasteiger partial charge on any atom is -1.00 e. The van der Waals surface area contributed by atoms with Gasteiger partial charge in [0.25, 0.3) is 0 Å². The van der Waals surface area contributed by atoms with E-state index in [-0.39, 0.29) is 88.6 Å². The van der Waals surface area contributed by atoms with Crippen LogP contribution < -0.4 is 76.2 Å². The van der Waals surface area contributed by atoms with Crippen molar-refractivity contribution in [1.29, 1.82) is 0 Å². The molecule has 0 aromatic heterocycles. The Morgan fingerprint density at radius 3 is 0.750 bits per heavy atom. The van der Waals surface area contributed by atoms with Crippen LogP contribution in [0, 0.1) is 12.4 Å². The Bertz CT molecular complexity index is 3.25. The van der Waals surface area contributed by atoms with E-state index in [0.717, 1.165) is 0 Å². The molecule has 0 spiro atoms. The fourth-order valence-electron chi connectivity index (χ4n) is 0. The summed E-state index contributed by atoms with van der Waals surface area (Å²) in [5, 5.41) is 0. The van der Waals surface area contributed by atoms with E-state index in [1.807, 2.05) is 0 Å². The number of hydrogen-bond donors (Lipinski definition) is 0. The number of halogens is 3. The summed E-state index contributed by atoms with van der Waals surface area (Å²) in [6.45, 7) is 0. The first-order valence-electron chi connectivity index (χ1n) is 0. The van der Waals surface area contributed by atoms with Gasteiger partial charge in [-0.1, -0.05) is 0 Å². The van der Waals surface area contributed by atoms with Crippen LogP contribution in [0.5, 0.6) is 0 Å². The van der Waals surface area contributed by atoms with Crippen LogP contribution in [-0.4, -0.2) is 0 Å². The summed E-state index contributed by atoms with van der Waals surface area (Å²) in [6.07, 6.45) is 0. The molecular weight excluding hydrogens is 145 g/mol. The first-order chi connectivity index (χ1) is 0. The van der Waals surface area contributed by atoms with Gasteiger partial charge in [0, 0.05) is 0 Å². The van der Waals surface area contributed by atoms with Crippen LogP contribution in [0.1, 0.15) is 0 Å². The summed E-state index contributed by atoms with van der Waals surface area (Å²) >= 11 is 0. The molecule has 0 nitrogen and oxygen atoms in total. The first kappa shape index (κ1) is 31.4. The van der Waals surface area contributed by atoms with Gasteiger partial charge < -0.3 is 24.8 Å². The zero-order valence-electron chi connectivity index (χ0n) is 2.20. The average Bonchev–Trinajstić information content (AvgIpc) is 0. The van der Waals surface area contributed by atoms with Crippen LogP contribution in [0.25, 0.3) is 0 Å². The topological polar surface area (TPSA) is 0 Å². The Balaban J connectivity index is 0. The third-order valence-corrected chi connectivity index (χ3v) is 0. The number of hydrogen-bond acceptors (Lipinski definition) is 0. The van der Waals surface area contributed by atoms with Gasteiger partial charge in [0.05, 0.1) is 12.4 Å². The van der Waals surface area contributed by atoms with Crippen LogP contribution in [0.3, 0.4) is 0 Å². The van der Waals surface area contributed by atoms with Crippen LogP contribution >= 0.6 is 0 Å². The molecule has 0 aliphatic rings. The second-order valence-electron chi connectivity index (χ2n) is 0. The maximum Gasteiger partial charge on any atom is 1.00 e. The van der Waals surface area contributed by atoms with Gasteiger partial charge in [-0.15, -0.1) is 0 Å². The molecule has 24 valence electrons. The molecule has 0 rings (SSSR count). The fourth-order valence-corrected chi connectivity index (χ4v) is 0. The van der Waals surface area contributed by atoms with Gasteiger partial charge in [0.15, 0.2) is 0 Å². The molecule has 0 bridgehead atoms. The van der Waals surface area contributed by atoms with Gasteiger partial charge in [-0.2, -0.15) is 0 Å². The molecular formula is H2Cl3K. The van der Waals surface area contributed by atoms with E-state index in [4.69, 9.17) is 0 Å². The van der Waals surface area contributed by atoms with Gasteiger partial charge in [-0.3, -0.25) is 0 Å². The van der Waals surface area contributed by atoms with E-state index in [2.05, 4.69) is 0 Å². The molecule has 0 aliphatic carbocycles. The van der Waals surface area contributed by atoms with Crippen LogP contribution in [0.15, 0.2) is 0 Å². The van der Waals surface area contributed by atoms with E-state index in [1.165, 1.54) is 0 Å². The molecule has 0 saturated heterocycles. The normalized spacial score (nSPS) is 0. The number of rotatable bonds is 0. The standard InChI is InChI=1S/ClH2.2ClH.K/h1H2;2*1H;/q+1;;;+1/p-2. The molecule has 0 N–H and O–H groups in total. The van der Waals surface area contributed by atoms with Crippen molar-refractivity contribution >= 4 is 0 Å². The van der Waals surface area contributed by atoms with Crippen molar-refractivity contribution in [2.75, 3.05) is 0 Å². The van der Waals surface area contributed by atoms with Gasteiger partial charge in [0.2, 0.25) is 0 Å². The summed E-state index contributed by atoms with van der Waals surface area (Å²) in [7, 11) is 0. The molecule has 0 saturated carbocycles. The first-order valence-corrected chi connectivity index (χ1v) is 0. The van der Waals surface area contributed by atoms with Crippen LogP contribution in [-0.2, 0) is 0 Å². The van der Waals surface area contributed by atoms with Crippen molar-refractivity contribution in [1.82, 2.24) is 0 Å². The van der Waals surface area contributed by atoms with E-state index in [1.54, 1.807) is 0 Å². The monoisotopic (exact) mass is 146 g/mol. The summed E-state index contributed by atoms with van der Waals surface area (Å²) in [5.74, 6) is 0. The molecule has 4 heavy (non-hydrogen) atoms. The van der Waals surface area contributed by atoms with Gasteiger partial charge in [0.1, 0.15) is 0 Å². The summed E-state index contributed by atoms with van der Waals surface area (Å²) in [6, 6.07) is 0. The Labute approximate surface area is 86.8 Å². The third kappa shape index (κ3) is 8.82. The van der Waals surface area contributed by atoms with Crippen molar-refractivity contribution < 1.29 is 88.6 Å². The van der Waals surface area contributed by atoms with E-state index < -0.39 is 0 Å². The predicted octanol–water partition coefficient (Wildman–Crippen LogP) is -9.52. The Hall–Kier alpha value is 2.51. The largest absolute Gasteiger partial charge is 1.00 e. The fraction of sp³-hybridized carbons (Fsp3) is 0. The second kappa shape index (κ2) is 17.8. The minimum absolute atomic E-state index is 0. The molecule has 0 aromatic carbocycles. The molecule has 0 radical (unpaired) electrons. The van der Waals surface area contributed by atoms with E-state index in [0.29, 0.717) is 0 Å². The van der Waals surface area contributed by atoms with Crippen molar-refractivity contribution in [2.24, 2.45) is 0 Å². The maximum atomic E-state index is 0. The molecule has 0 fully saturated rings. The van der Waals surface area contributed by atoms with Gasteiger partial charge in [-0.25, -0.2) is 0 Å². The Morgan fingerprint density at radius 2 is 0.750 bits per heavy atom. The molecule has 0 aliphatic heterocycles. The average molecular weight is 147 g/mol. The van der Waals surface area contributed by atoms with Crippen molar-refractivity contribution in [3.63, 3.8) is 0 Å². The third-order valence-electron chi connectivity index (χ3n) is 0. The quantitative estimate of drug-likeness (QED) is 0.299. The molecule has 0 amide bonds. The Kier molecular flexibility index (Phi) is 140. The van der Waals surface area contributed by atoms with Gasteiger partial charge >= 0.3 is 51.4 Å². The summed E-state index contributed by atoms with van der Waals surface area (Å²) in [5.41, 5.74) is 0. The SMILES string of the molecule is [Cl-].[Cl-].[ClH2+].[K+]. The van der Waals surface area contributed by atoms with Crippen molar-refractivity contribution in [3.05, 3.63) is 0 Å². The van der Waals surface area contributed by atoms with Crippen molar-refractivity contribution in [2.45, 2.75) is 0 Å². The molecule has 0 unspecified atom stereocenters. The van der Waals surface area contributed by atoms with Crippen LogP contribution in [0.4, 0.5) is 0 Å². The van der Waals surface area contributed by atoms with E-state index >= 15 is 0 Å². The second-order valence-corrected chi connectivity index (χ2v) is 0. The Morgan fingerprint density at radius 1 is 0.750 bits per heavy atom. The smallest absolute Gasteiger partial charge is 1.00 e. The van der Waals surface area contributed by atoms with Crippen LogP contribution in [0.2, 0.25) is 0 Å². The minimum atomic E-state index is 0. The maximum absolute atomic E-state index is 0. The van der Waals surface area contributed by atoms with E-state index in [9.17, 15) is 0 Å². The predicted molar refractivity (Wildman–Crippen MR) is 2.79 cm³/mol. The summed E-state index contributed by atoms with van der Waals surface area (Å²) in [4.78, 5) is 0. The zero-order valence-corrected chi connectivity index (χ0v) is 7.73. The zero-order chi connectivity index (χ0) is 0. The van der Waals surface area contributed by atoms with Crippen molar-refractivity contribution in [3.8, 4) is 0 Å². The van der Waals surface area contributed by atoms with Gasteiger partial charge in [-0.05, 0) is 0 Å². The summed E-state index contributed by atoms with van der Waals surface area (Å²) < 4.78 is 0.